The molecule has 3 rings (SSSR count). The maximum absolute atomic E-state index is 11.5. The van der Waals surface area contributed by atoms with E-state index < -0.39 is 11.4 Å². The molecule has 2 aromatic carbocycles. The highest BCUT2D eigenvalue weighted by Gasteiger charge is 2.56. The van der Waals surface area contributed by atoms with Crippen LogP contribution in [0.3, 0.4) is 0 Å². The van der Waals surface area contributed by atoms with Gasteiger partial charge >= 0.3 is 5.97 Å². The van der Waals surface area contributed by atoms with Gasteiger partial charge in [-0.1, -0.05) is 60.7 Å². The highest BCUT2D eigenvalue weighted by molar-refractivity contribution is 6.01. The normalized spacial score (nSPS) is 16.3. The summed E-state index contributed by atoms with van der Waals surface area (Å²) in [4.78, 5) is 11.5. The fraction of sp³-hybridized carbons (Fsp3) is 0.118. The van der Waals surface area contributed by atoms with Gasteiger partial charge in [0, 0.05) is 0 Å². The molecule has 0 fully saturated rings. The van der Waals surface area contributed by atoms with Gasteiger partial charge < -0.3 is 5.11 Å². The van der Waals surface area contributed by atoms with E-state index in [0.717, 1.165) is 16.7 Å². The number of aliphatic carboxylic acids is 1. The molecule has 0 unspecified atom stereocenters. The average Bonchev–Trinajstić information content (AvgIpc) is 3.08. The Hall–Kier alpha value is -2.35. The van der Waals surface area contributed by atoms with E-state index in [2.05, 4.69) is 0 Å². The lowest BCUT2D eigenvalue weighted by Gasteiger charge is -2.20. The number of carboxylic acid groups (broad SMARTS) is 1. The van der Waals surface area contributed by atoms with E-state index in [4.69, 9.17) is 0 Å². The molecule has 1 aliphatic carbocycles. The van der Waals surface area contributed by atoms with E-state index in [0.29, 0.717) is 5.57 Å². The van der Waals surface area contributed by atoms with E-state index in [1.807, 2.05) is 67.6 Å². The quantitative estimate of drug-likeness (QED) is 0.906. The van der Waals surface area contributed by atoms with E-state index in [1.54, 1.807) is 0 Å². The number of carboxylic acids is 1. The lowest BCUT2D eigenvalue weighted by Crippen LogP contribution is -2.18. The van der Waals surface area contributed by atoms with Crippen LogP contribution in [-0.2, 0) is 10.2 Å². The Bertz CT molecular complexity index is 615. The summed E-state index contributed by atoms with van der Waals surface area (Å²) < 4.78 is 0. The van der Waals surface area contributed by atoms with Crippen molar-refractivity contribution in [1.82, 2.24) is 0 Å². The Morgan fingerprint density at radius 1 is 0.895 bits per heavy atom. The third-order valence-corrected chi connectivity index (χ3v) is 3.88. The Balaban J connectivity index is 2.19. The average molecular weight is 250 g/mol. The molecular formula is C17H14O2. The number of rotatable bonds is 3. The highest BCUT2D eigenvalue weighted by atomic mass is 16.4. The summed E-state index contributed by atoms with van der Waals surface area (Å²) in [6, 6.07) is 19.7. The van der Waals surface area contributed by atoms with Gasteiger partial charge in [0.2, 0.25) is 0 Å². The first-order valence-electron chi connectivity index (χ1n) is 6.25. The first-order valence-corrected chi connectivity index (χ1v) is 6.25. The molecule has 94 valence electrons. The summed E-state index contributed by atoms with van der Waals surface area (Å²) in [5.74, 6) is -0.829. The molecule has 2 aromatic rings. The maximum atomic E-state index is 11.5. The van der Waals surface area contributed by atoms with Crippen molar-refractivity contribution in [2.45, 2.75) is 12.3 Å². The Kier molecular flexibility index (Phi) is 2.53. The zero-order valence-electron chi connectivity index (χ0n) is 10.6. The second-order valence-corrected chi connectivity index (χ2v) is 4.79. The van der Waals surface area contributed by atoms with Crippen LogP contribution in [-0.4, -0.2) is 11.1 Å². The summed E-state index contributed by atoms with van der Waals surface area (Å²) in [5.41, 5.74) is 2.95. The summed E-state index contributed by atoms with van der Waals surface area (Å²) in [7, 11) is 0. The largest absolute Gasteiger partial charge is 0.478 e. The van der Waals surface area contributed by atoms with E-state index in [1.165, 1.54) is 0 Å². The second-order valence-electron chi connectivity index (χ2n) is 4.79. The van der Waals surface area contributed by atoms with Crippen molar-refractivity contribution in [3.05, 3.63) is 82.9 Å². The lowest BCUT2D eigenvalue weighted by molar-refractivity contribution is -0.132. The molecule has 0 aliphatic heterocycles. The van der Waals surface area contributed by atoms with Gasteiger partial charge in [0.1, 0.15) is 0 Å². The summed E-state index contributed by atoms with van der Waals surface area (Å²) in [5, 5.41) is 9.42. The van der Waals surface area contributed by atoms with Gasteiger partial charge in [0.15, 0.2) is 0 Å². The topological polar surface area (TPSA) is 37.3 Å². The molecule has 0 atom stereocenters. The summed E-state index contributed by atoms with van der Waals surface area (Å²) in [6.07, 6.45) is 0. The number of allylic oxidation sites excluding steroid dienone is 1. The number of carbonyl (C=O) groups is 1. The number of hydrogen-bond donors (Lipinski definition) is 1. The molecule has 19 heavy (non-hydrogen) atoms. The van der Waals surface area contributed by atoms with E-state index in [-0.39, 0.29) is 0 Å². The third kappa shape index (κ3) is 1.53. The molecule has 0 radical (unpaired) electrons. The van der Waals surface area contributed by atoms with Crippen molar-refractivity contribution in [3.63, 3.8) is 0 Å². The maximum Gasteiger partial charge on any atom is 0.333 e. The Labute approximate surface area is 112 Å². The van der Waals surface area contributed by atoms with Crippen LogP contribution in [0.15, 0.2) is 71.8 Å². The molecule has 0 amide bonds. The molecule has 2 heteroatoms. The molecule has 0 aromatic heterocycles. The van der Waals surface area contributed by atoms with Crippen molar-refractivity contribution < 1.29 is 9.90 Å². The SMILES string of the molecule is CC1=C(C(=O)O)C1(c1ccccc1)c1ccccc1. The van der Waals surface area contributed by atoms with Crippen LogP contribution in [0.2, 0.25) is 0 Å². The zero-order valence-corrected chi connectivity index (χ0v) is 10.6. The lowest BCUT2D eigenvalue weighted by atomic mass is 9.81. The van der Waals surface area contributed by atoms with Crippen LogP contribution in [0.4, 0.5) is 0 Å². The smallest absolute Gasteiger partial charge is 0.333 e. The molecule has 1 aliphatic rings. The standard InChI is InChI=1S/C17H14O2/c1-12-15(16(18)19)17(12,13-8-4-2-5-9-13)14-10-6-3-7-11-14/h2-11H,1H3,(H,18,19). The van der Waals surface area contributed by atoms with E-state index in [9.17, 15) is 9.90 Å². The minimum absolute atomic E-state index is 0.505. The van der Waals surface area contributed by atoms with Gasteiger partial charge in [-0.3, -0.25) is 0 Å². The first kappa shape index (κ1) is 11.7. The minimum Gasteiger partial charge on any atom is -0.478 e. The van der Waals surface area contributed by atoms with Crippen molar-refractivity contribution in [3.8, 4) is 0 Å². The fourth-order valence-corrected chi connectivity index (χ4v) is 2.99. The van der Waals surface area contributed by atoms with Gasteiger partial charge in [0.05, 0.1) is 11.0 Å². The number of hydrogen-bond acceptors (Lipinski definition) is 1. The van der Waals surface area contributed by atoms with Crippen LogP contribution < -0.4 is 0 Å². The van der Waals surface area contributed by atoms with Crippen LogP contribution in [0.1, 0.15) is 18.1 Å². The minimum atomic E-state index is -0.829. The molecular weight excluding hydrogens is 236 g/mol. The van der Waals surface area contributed by atoms with Gasteiger partial charge in [0.25, 0.3) is 0 Å². The van der Waals surface area contributed by atoms with Gasteiger partial charge in [-0.05, 0) is 23.6 Å². The Morgan fingerprint density at radius 2 is 1.32 bits per heavy atom. The van der Waals surface area contributed by atoms with Crippen LogP contribution in [0.5, 0.6) is 0 Å². The van der Waals surface area contributed by atoms with Crippen LogP contribution in [0, 0.1) is 0 Å². The first-order chi connectivity index (χ1) is 9.19. The Morgan fingerprint density at radius 3 is 1.63 bits per heavy atom. The summed E-state index contributed by atoms with van der Waals surface area (Å²) >= 11 is 0. The van der Waals surface area contributed by atoms with Gasteiger partial charge in [-0.2, -0.15) is 0 Å². The monoisotopic (exact) mass is 250 g/mol. The fourth-order valence-electron chi connectivity index (χ4n) is 2.99. The van der Waals surface area contributed by atoms with Gasteiger partial charge in [-0.15, -0.1) is 0 Å². The van der Waals surface area contributed by atoms with Gasteiger partial charge in [-0.25, -0.2) is 4.79 Å². The third-order valence-electron chi connectivity index (χ3n) is 3.88. The molecule has 1 N–H and O–H groups in total. The predicted molar refractivity (Wildman–Crippen MR) is 74.0 cm³/mol. The predicted octanol–water partition coefficient (Wildman–Crippen LogP) is 3.39. The van der Waals surface area contributed by atoms with Crippen LogP contribution >= 0.6 is 0 Å². The van der Waals surface area contributed by atoms with Crippen molar-refractivity contribution in [2.24, 2.45) is 0 Å². The summed E-state index contributed by atoms with van der Waals surface area (Å²) in [6.45, 7) is 1.91. The molecule has 0 bridgehead atoms. The molecule has 0 spiro atoms. The van der Waals surface area contributed by atoms with E-state index >= 15 is 0 Å². The molecule has 0 saturated heterocycles. The number of benzene rings is 2. The highest BCUT2D eigenvalue weighted by Crippen LogP contribution is 2.58. The van der Waals surface area contributed by atoms with Crippen LogP contribution in [0.25, 0.3) is 0 Å². The van der Waals surface area contributed by atoms with Crippen molar-refractivity contribution in [2.75, 3.05) is 0 Å². The molecule has 2 nitrogen and oxygen atoms in total. The molecule has 0 heterocycles. The van der Waals surface area contributed by atoms with Crippen molar-refractivity contribution in [1.29, 1.82) is 0 Å². The molecule has 0 saturated carbocycles. The zero-order chi connectivity index (χ0) is 13.5. The second kappa shape index (κ2) is 4.09. The van der Waals surface area contributed by atoms with Crippen molar-refractivity contribution >= 4 is 5.97 Å².